The largest absolute Gasteiger partial charge is 0.0853 e. The summed E-state index contributed by atoms with van der Waals surface area (Å²) in [5.41, 5.74) is 1.72. The molecule has 0 aliphatic heterocycles. The standard InChI is InChI=1S/C11H19/c1-2-3-4-5-8-11-9-6-7-10-11/h9H,1-8,10H2. The van der Waals surface area contributed by atoms with Crippen molar-refractivity contribution < 1.29 is 0 Å². The van der Waals surface area contributed by atoms with Crippen LogP contribution in [-0.4, -0.2) is 0 Å². The number of unbranched alkanes of at least 4 members (excludes halogenated alkanes) is 3. The first-order valence-electron chi connectivity index (χ1n) is 4.90. The van der Waals surface area contributed by atoms with Crippen molar-refractivity contribution in [3.05, 3.63) is 18.6 Å². The average molecular weight is 151 g/mol. The molecule has 0 amide bonds. The Morgan fingerprint density at radius 1 is 1.27 bits per heavy atom. The molecule has 0 bridgehead atoms. The van der Waals surface area contributed by atoms with Crippen LogP contribution in [0.2, 0.25) is 0 Å². The highest BCUT2D eigenvalue weighted by Crippen LogP contribution is 2.22. The minimum Gasteiger partial charge on any atom is -0.0853 e. The quantitative estimate of drug-likeness (QED) is 0.413. The van der Waals surface area contributed by atoms with Crippen LogP contribution >= 0.6 is 0 Å². The van der Waals surface area contributed by atoms with Crippen LogP contribution in [0.3, 0.4) is 0 Å². The molecule has 0 saturated heterocycles. The number of hydrogen-bond donors (Lipinski definition) is 0. The Balaban J connectivity index is 1.94. The van der Waals surface area contributed by atoms with Gasteiger partial charge in [-0.3, -0.25) is 0 Å². The van der Waals surface area contributed by atoms with Crippen molar-refractivity contribution >= 4 is 0 Å². The highest BCUT2D eigenvalue weighted by atomic mass is 14.1. The van der Waals surface area contributed by atoms with E-state index >= 15 is 0 Å². The van der Waals surface area contributed by atoms with E-state index in [-0.39, 0.29) is 0 Å². The summed E-state index contributed by atoms with van der Waals surface area (Å²) >= 11 is 0. The van der Waals surface area contributed by atoms with Crippen molar-refractivity contribution in [2.75, 3.05) is 0 Å². The lowest BCUT2D eigenvalue weighted by molar-refractivity contribution is 0.674. The number of rotatable bonds is 5. The van der Waals surface area contributed by atoms with Gasteiger partial charge in [0.1, 0.15) is 0 Å². The van der Waals surface area contributed by atoms with Crippen LogP contribution in [0.4, 0.5) is 0 Å². The summed E-state index contributed by atoms with van der Waals surface area (Å²) in [4.78, 5) is 0. The van der Waals surface area contributed by atoms with Crippen LogP contribution in [0.1, 0.15) is 51.4 Å². The van der Waals surface area contributed by atoms with E-state index in [0.717, 1.165) is 6.42 Å². The van der Waals surface area contributed by atoms with Gasteiger partial charge in [0.25, 0.3) is 0 Å². The van der Waals surface area contributed by atoms with Gasteiger partial charge in [0.05, 0.1) is 0 Å². The van der Waals surface area contributed by atoms with Gasteiger partial charge in [0.2, 0.25) is 0 Å². The molecule has 63 valence electrons. The average Bonchev–Trinajstić information content (AvgIpc) is 2.50. The molecule has 0 heterocycles. The van der Waals surface area contributed by atoms with Crippen LogP contribution < -0.4 is 0 Å². The van der Waals surface area contributed by atoms with Crippen molar-refractivity contribution in [2.45, 2.75) is 51.4 Å². The second kappa shape index (κ2) is 5.40. The maximum atomic E-state index is 3.84. The third kappa shape index (κ3) is 3.60. The molecule has 0 aromatic heterocycles. The summed E-state index contributed by atoms with van der Waals surface area (Å²) in [6.45, 7) is 3.84. The van der Waals surface area contributed by atoms with E-state index in [9.17, 15) is 0 Å². The minimum absolute atomic E-state index is 1.11. The van der Waals surface area contributed by atoms with E-state index in [0.29, 0.717) is 0 Å². The smallest absolute Gasteiger partial charge is 0.0317 e. The van der Waals surface area contributed by atoms with Gasteiger partial charge in [-0.25, -0.2) is 0 Å². The molecule has 1 rings (SSSR count). The third-order valence-corrected chi connectivity index (χ3v) is 2.38. The van der Waals surface area contributed by atoms with Crippen LogP contribution in [0.5, 0.6) is 0 Å². The fourth-order valence-corrected chi connectivity index (χ4v) is 1.67. The van der Waals surface area contributed by atoms with Crippen LogP contribution in [0, 0.1) is 6.92 Å². The molecule has 1 radical (unpaired) electrons. The van der Waals surface area contributed by atoms with Crippen molar-refractivity contribution in [1.29, 1.82) is 0 Å². The molecule has 0 unspecified atom stereocenters. The lowest BCUT2D eigenvalue weighted by Crippen LogP contribution is -1.80. The van der Waals surface area contributed by atoms with Gasteiger partial charge in [-0.1, -0.05) is 37.8 Å². The Morgan fingerprint density at radius 3 is 2.82 bits per heavy atom. The summed E-state index contributed by atoms with van der Waals surface area (Å²) < 4.78 is 0. The van der Waals surface area contributed by atoms with Gasteiger partial charge in [0.15, 0.2) is 0 Å². The second-order valence-electron chi connectivity index (χ2n) is 3.42. The molecule has 0 aromatic rings. The molecule has 0 atom stereocenters. The van der Waals surface area contributed by atoms with Crippen molar-refractivity contribution in [3.63, 3.8) is 0 Å². The minimum atomic E-state index is 1.11. The molecular formula is C11H19. The second-order valence-corrected chi connectivity index (χ2v) is 3.42. The molecule has 0 aromatic carbocycles. The van der Waals surface area contributed by atoms with Gasteiger partial charge < -0.3 is 0 Å². The first kappa shape index (κ1) is 8.83. The third-order valence-electron chi connectivity index (χ3n) is 2.38. The summed E-state index contributed by atoms with van der Waals surface area (Å²) in [6.07, 6.45) is 13.1. The predicted molar refractivity (Wildman–Crippen MR) is 50.4 cm³/mol. The summed E-state index contributed by atoms with van der Waals surface area (Å²) in [6, 6.07) is 0. The first-order chi connectivity index (χ1) is 5.43. The highest BCUT2D eigenvalue weighted by Gasteiger charge is 2.02. The summed E-state index contributed by atoms with van der Waals surface area (Å²) in [5, 5.41) is 0. The monoisotopic (exact) mass is 151 g/mol. The lowest BCUT2D eigenvalue weighted by Gasteiger charge is -2.00. The fourth-order valence-electron chi connectivity index (χ4n) is 1.67. The molecule has 1 aliphatic carbocycles. The van der Waals surface area contributed by atoms with E-state index in [1.54, 1.807) is 5.57 Å². The van der Waals surface area contributed by atoms with E-state index in [2.05, 4.69) is 13.0 Å². The Labute approximate surface area is 70.7 Å². The topological polar surface area (TPSA) is 0 Å². The van der Waals surface area contributed by atoms with Crippen molar-refractivity contribution in [3.8, 4) is 0 Å². The predicted octanol–water partition coefficient (Wildman–Crippen LogP) is 3.88. The molecule has 0 fully saturated rings. The maximum absolute atomic E-state index is 3.84. The first-order valence-corrected chi connectivity index (χ1v) is 4.90. The lowest BCUT2D eigenvalue weighted by atomic mass is 10.1. The van der Waals surface area contributed by atoms with E-state index < -0.39 is 0 Å². The molecule has 0 nitrogen and oxygen atoms in total. The van der Waals surface area contributed by atoms with Crippen LogP contribution in [0.25, 0.3) is 0 Å². The summed E-state index contributed by atoms with van der Waals surface area (Å²) in [7, 11) is 0. The van der Waals surface area contributed by atoms with Gasteiger partial charge in [-0.2, -0.15) is 0 Å². The molecule has 0 spiro atoms. The molecule has 0 heteroatoms. The molecule has 0 saturated carbocycles. The van der Waals surface area contributed by atoms with Crippen LogP contribution in [-0.2, 0) is 0 Å². The van der Waals surface area contributed by atoms with E-state index in [1.807, 2.05) is 0 Å². The Kier molecular flexibility index (Phi) is 4.33. The molecule has 0 N–H and O–H groups in total. The molecule has 11 heavy (non-hydrogen) atoms. The van der Waals surface area contributed by atoms with Gasteiger partial charge >= 0.3 is 0 Å². The molecule has 1 aliphatic rings. The number of allylic oxidation sites excluding steroid dienone is 2. The van der Waals surface area contributed by atoms with Gasteiger partial charge in [0, 0.05) is 0 Å². The maximum Gasteiger partial charge on any atom is -0.0317 e. The van der Waals surface area contributed by atoms with Crippen LogP contribution in [0.15, 0.2) is 11.6 Å². The van der Waals surface area contributed by atoms with Gasteiger partial charge in [-0.15, -0.1) is 0 Å². The van der Waals surface area contributed by atoms with Crippen molar-refractivity contribution in [2.24, 2.45) is 0 Å². The molecular weight excluding hydrogens is 132 g/mol. The zero-order valence-corrected chi connectivity index (χ0v) is 7.44. The van der Waals surface area contributed by atoms with Gasteiger partial charge in [-0.05, 0) is 32.1 Å². The van der Waals surface area contributed by atoms with E-state index in [1.165, 1.54) is 44.9 Å². The highest BCUT2D eigenvalue weighted by molar-refractivity contribution is 5.06. The summed E-state index contributed by atoms with van der Waals surface area (Å²) in [5.74, 6) is 0. The number of hydrogen-bond acceptors (Lipinski definition) is 0. The van der Waals surface area contributed by atoms with E-state index in [4.69, 9.17) is 0 Å². The Morgan fingerprint density at radius 2 is 2.18 bits per heavy atom. The zero-order valence-electron chi connectivity index (χ0n) is 7.44. The SMILES string of the molecule is [CH2]CCCCCC1=CCCC1. The Bertz CT molecular complexity index is 122. The zero-order chi connectivity index (χ0) is 7.94. The van der Waals surface area contributed by atoms with Crippen molar-refractivity contribution in [1.82, 2.24) is 0 Å². The fraction of sp³-hybridized carbons (Fsp3) is 0.727. The Hall–Kier alpha value is -0.260. The normalized spacial score (nSPS) is 17.0.